The van der Waals surface area contributed by atoms with Gasteiger partial charge in [0.1, 0.15) is 11.5 Å². The lowest BCUT2D eigenvalue weighted by molar-refractivity contribution is 0.0953. The van der Waals surface area contributed by atoms with Crippen LogP contribution >= 0.6 is 0 Å². The van der Waals surface area contributed by atoms with Crippen LogP contribution in [0.3, 0.4) is 0 Å². The van der Waals surface area contributed by atoms with Gasteiger partial charge in [-0.05, 0) is 48.4 Å². The van der Waals surface area contributed by atoms with Crippen LogP contribution in [0, 0.1) is 0 Å². The van der Waals surface area contributed by atoms with E-state index >= 15 is 0 Å². The van der Waals surface area contributed by atoms with E-state index in [-0.39, 0.29) is 11.7 Å². The number of phenolic OH excluding ortho intramolecular Hbond substituents is 1. The highest BCUT2D eigenvalue weighted by Gasteiger charge is 2.08. The first-order chi connectivity index (χ1) is 11.2. The lowest BCUT2D eigenvalue weighted by atomic mass is 10.1. The van der Waals surface area contributed by atoms with Gasteiger partial charge >= 0.3 is 0 Å². The van der Waals surface area contributed by atoms with Crippen molar-refractivity contribution in [1.29, 1.82) is 0 Å². The van der Waals surface area contributed by atoms with Crippen LogP contribution in [0.2, 0.25) is 0 Å². The Bertz CT molecular complexity index is 839. The molecule has 5 nitrogen and oxygen atoms in total. The predicted molar refractivity (Wildman–Crippen MR) is 89.0 cm³/mol. The third kappa shape index (κ3) is 3.29. The van der Waals surface area contributed by atoms with Crippen LogP contribution in [0.15, 0.2) is 48.7 Å². The van der Waals surface area contributed by atoms with Crippen LogP contribution in [0.5, 0.6) is 11.5 Å². The van der Waals surface area contributed by atoms with Crippen molar-refractivity contribution in [1.82, 2.24) is 10.3 Å². The molecule has 1 aromatic heterocycles. The van der Waals surface area contributed by atoms with Gasteiger partial charge in [-0.1, -0.05) is 6.07 Å². The molecule has 0 bridgehead atoms. The summed E-state index contributed by atoms with van der Waals surface area (Å²) in [5.74, 6) is 0.696. The molecular weight excluding hydrogens is 292 g/mol. The first-order valence-electron chi connectivity index (χ1n) is 7.38. The number of aromatic nitrogens is 1. The van der Waals surface area contributed by atoms with Crippen molar-refractivity contribution in [2.45, 2.75) is 6.42 Å². The summed E-state index contributed by atoms with van der Waals surface area (Å²) in [5, 5.41) is 13.4. The highest BCUT2D eigenvalue weighted by atomic mass is 16.5. The number of aromatic hydroxyl groups is 1. The van der Waals surface area contributed by atoms with Crippen molar-refractivity contribution in [2.24, 2.45) is 0 Å². The summed E-state index contributed by atoms with van der Waals surface area (Å²) in [6, 6.07) is 12.2. The second-order valence-electron chi connectivity index (χ2n) is 5.28. The summed E-state index contributed by atoms with van der Waals surface area (Å²) in [6.45, 7) is 0.513. The Morgan fingerprint density at radius 2 is 2.13 bits per heavy atom. The van der Waals surface area contributed by atoms with Gasteiger partial charge in [-0.25, -0.2) is 0 Å². The maximum absolute atomic E-state index is 12.0. The minimum Gasteiger partial charge on any atom is -0.508 e. The van der Waals surface area contributed by atoms with Crippen LogP contribution in [0.4, 0.5) is 0 Å². The third-order valence-electron chi connectivity index (χ3n) is 3.76. The molecule has 0 aliphatic heterocycles. The number of methoxy groups -OCH3 is 1. The number of aromatic amines is 1. The number of rotatable bonds is 5. The second-order valence-corrected chi connectivity index (χ2v) is 5.28. The topological polar surface area (TPSA) is 74.3 Å². The molecule has 0 aliphatic rings. The van der Waals surface area contributed by atoms with Gasteiger partial charge < -0.3 is 20.1 Å². The van der Waals surface area contributed by atoms with Crippen LogP contribution in [0.1, 0.15) is 15.9 Å². The van der Waals surface area contributed by atoms with Gasteiger partial charge in [-0.15, -0.1) is 0 Å². The molecule has 1 amide bonds. The zero-order valence-electron chi connectivity index (χ0n) is 12.8. The summed E-state index contributed by atoms with van der Waals surface area (Å²) in [7, 11) is 1.64. The first kappa shape index (κ1) is 15.0. The number of H-pyrrole nitrogens is 1. The fraction of sp³-hybridized carbons (Fsp3) is 0.167. The average molecular weight is 310 g/mol. The molecule has 0 atom stereocenters. The molecule has 0 spiro atoms. The van der Waals surface area contributed by atoms with E-state index in [0.717, 1.165) is 22.2 Å². The Hall–Kier alpha value is -2.95. The van der Waals surface area contributed by atoms with E-state index in [9.17, 15) is 9.90 Å². The summed E-state index contributed by atoms with van der Waals surface area (Å²) in [4.78, 5) is 15.3. The van der Waals surface area contributed by atoms with Gasteiger partial charge in [-0.2, -0.15) is 0 Å². The molecule has 0 radical (unpaired) electrons. The van der Waals surface area contributed by atoms with Crippen molar-refractivity contribution in [3.63, 3.8) is 0 Å². The van der Waals surface area contributed by atoms with Crippen molar-refractivity contribution in [2.75, 3.05) is 13.7 Å². The second kappa shape index (κ2) is 6.44. The number of amides is 1. The lowest BCUT2D eigenvalue weighted by Gasteiger charge is -2.06. The van der Waals surface area contributed by atoms with Crippen LogP contribution in [0.25, 0.3) is 10.9 Å². The van der Waals surface area contributed by atoms with E-state index in [1.165, 1.54) is 12.1 Å². The SMILES string of the molecule is COc1ccc2[nH]cc(CCNC(=O)c3cccc(O)c3)c2c1. The van der Waals surface area contributed by atoms with E-state index in [4.69, 9.17) is 4.74 Å². The Labute approximate surface area is 133 Å². The number of carbonyl (C=O) groups is 1. The monoisotopic (exact) mass is 310 g/mol. The third-order valence-corrected chi connectivity index (χ3v) is 3.76. The molecular formula is C18H18N2O3. The minimum absolute atomic E-state index is 0.0846. The molecule has 3 N–H and O–H groups in total. The number of hydrogen-bond donors (Lipinski definition) is 3. The molecule has 0 unspecified atom stereocenters. The number of benzene rings is 2. The average Bonchev–Trinajstić information content (AvgIpc) is 2.97. The number of carbonyl (C=O) groups excluding carboxylic acids is 1. The zero-order valence-corrected chi connectivity index (χ0v) is 12.8. The molecule has 118 valence electrons. The molecule has 3 aromatic rings. The molecule has 23 heavy (non-hydrogen) atoms. The van der Waals surface area contributed by atoms with E-state index in [0.29, 0.717) is 18.5 Å². The van der Waals surface area contributed by atoms with Crippen molar-refractivity contribution >= 4 is 16.8 Å². The summed E-state index contributed by atoms with van der Waals surface area (Å²) < 4.78 is 5.25. The van der Waals surface area contributed by atoms with Crippen molar-refractivity contribution in [3.05, 3.63) is 59.8 Å². The van der Waals surface area contributed by atoms with Gasteiger partial charge in [0.05, 0.1) is 7.11 Å². The van der Waals surface area contributed by atoms with E-state index in [2.05, 4.69) is 10.3 Å². The molecule has 0 saturated carbocycles. The van der Waals surface area contributed by atoms with Gasteiger partial charge in [0.25, 0.3) is 5.91 Å². The highest BCUT2D eigenvalue weighted by molar-refractivity contribution is 5.94. The fourth-order valence-electron chi connectivity index (χ4n) is 2.55. The van der Waals surface area contributed by atoms with Gasteiger partial charge in [0.2, 0.25) is 0 Å². The quantitative estimate of drug-likeness (QED) is 0.678. The normalized spacial score (nSPS) is 10.7. The smallest absolute Gasteiger partial charge is 0.251 e. The Kier molecular flexibility index (Phi) is 4.19. The Morgan fingerprint density at radius 3 is 2.91 bits per heavy atom. The number of fused-ring (bicyclic) bond motifs is 1. The Morgan fingerprint density at radius 1 is 1.26 bits per heavy atom. The lowest BCUT2D eigenvalue weighted by Crippen LogP contribution is -2.25. The van der Waals surface area contributed by atoms with Gasteiger partial charge in [0, 0.05) is 29.2 Å². The van der Waals surface area contributed by atoms with Crippen molar-refractivity contribution < 1.29 is 14.6 Å². The highest BCUT2D eigenvalue weighted by Crippen LogP contribution is 2.23. The molecule has 0 aliphatic carbocycles. The first-order valence-corrected chi connectivity index (χ1v) is 7.38. The fourth-order valence-corrected chi connectivity index (χ4v) is 2.55. The number of ether oxygens (including phenoxy) is 1. The standard InChI is InChI=1S/C18H18N2O3/c1-23-15-5-6-17-16(10-15)13(11-20-17)7-8-19-18(22)12-3-2-4-14(21)9-12/h2-6,9-11,20-21H,7-8H2,1H3,(H,19,22). The molecule has 0 fully saturated rings. The van der Waals surface area contributed by atoms with E-state index in [1.54, 1.807) is 19.2 Å². The minimum atomic E-state index is -0.196. The maximum atomic E-state index is 12.0. The van der Waals surface area contributed by atoms with Crippen LogP contribution in [-0.2, 0) is 6.42 Å². The zero-order chi connectivity index (χ0) is 16.2. The van der Waals surface area contributed by atoms with Gasteiger partial charge in [0.15, 0.2) is 0 Å². The molecule has 1 heterocycles. The van der Waals surface area contributed by atoms with Gasteiger partial charge in [-0.3, -0.25) is 4.79 Å². The van der Waals surface area contributed by atoms with Crippen LogP contribution in [-0.4, -0.2) is 29.7 Å². The maximum Gasteiger partial charge on any atom is 0.251 e. The summed E-state index contributed by atoms with van der Waals surface area (Å²) in [5.41, 5.74) is 2.61. The summed E-state index contributed by atoms with van der Waals surface area (Å²) >= 11 is 0. The number of nitrogens with one attached hydrogen (secondary N) is 2. The van der Waals surface area contributed by atoms with E-state index in [1.807, 2.05) is 24.4 Å². The number of hydrogen-bond acceptors (Lipinski definition) is 3. The Balaban J connectivity index is 1.66. The van der Waals surface area contributed by atoms with E-state index < -0.39 is 0 Å². The molecule has 5 heteroatoms. The number of phenols is 1. The largest absolute Gasteiger partial charge is 0.508 e. The van der Waals surface area contributed by atoms with Crippen LogP contribution < -0.4 is 10.1 Å². The summed E-state index contributed by atoms with van der Waals surface area (Å²) in [6.07, 6.45) is 2.66. The van der Waals surface area contributed by atoms with Crippen molar-refractivity contribution in [3.8, 4) is 11.5 Å². The molecule has 0 saturated heterocycles. The molecule has 3 rings (SSSR count). The predicted octanol–water partition coefficient (Wildman–Crippen LogP) is 2.85. The molecule has 2 aromatic carbocycles.